The lowest BCUT2D eigenvalue weighted by Crippen LogP contribution is -2.27. The summed E-state index contributed by atoms with van der Waals surface area (Å²) >= 11 is 0. The van der Waals surface area contributed by atoms with Crippen molar-refractivity contribution in [1.82, 2.24) is 4.90 Å². The quantitative estimate of drug-likeness (QED) is 0.858. The van der Waals surface area contributed by atoms with Gasteiger partial charge in [0.25, 0.3) is 0 Å². The molecule has 2 N–H and O–H groups in total. The SMILES string of the molecule is N#CCC(c1ccccc1)N1CCC(CN)C1. The van der Waals surface area contributed by atoms with Gasteiger partial charge in [0.1, 0.15) is 0 Å². The van der Waals surface area contributed by atoms with Crippen molar-refractivity contribution in [2.75, 3.05) is 19.6 Å². The molecule has 90 valence electrons. The molecular formula is C14H19N3. The summed E-state index contributed by atoms with van der Waals surface area (Å²) in [5.41, 5.74) is 6.96. The van der Waals surface area contributed by atoms with Gasteiger partial charge >= 0.3 is 0 Å². The van der Waals surface area contributed by atoms with Crippen LogP contribution in [0.15, 0.2) is 30.3 Å². The summed E-state index contributed by atoms with van der Waals surface area (Å²) in [5, 5.41) is 8.98. The summed E-state index contributed by atoms with van der Waals surface area (Å²) < 4.78 is 0. The molecule has 1 aromatic rings. The number of nitrogens with two attached hydrogens (primary N) is 1. The van der Waals surface area contributed by atoms with Crippen LogP contribution >= 0.6 is 0 Å². The third kappa shape index (κ3) is 2.85. The van der Waals surface area contributed by atoms with Crippen LogP contribution in [0.4, 0.5) is 0 Å². The molecule has 17 heavy (non-hydrogen) atoms. The number of rotatable bonds is 4. The lowest BCUT2D eigenvalue weighted by Gasteiger charge is -2.26. The van der Waals surface area contributed by atoms with Gasteiger partial charge < -0.3 is 5.73 Å². The maximum Gasteiger partial charge on any atom is 0.0641 e. The minimum Gasteiger partial charge on any atom is -0.330 e. The van der Waals surface area contributed by atoms with Gasteiger partial charge in [0, 0.05) is 12.6 Å². The standard InChI is InChI=1S/C14H19N3/c15-8-6-14(13-4-2-1-3-5-13)17-9-7-12(10-16)11-17/h1-5,12,14H,6-7,9-11,16H2. The minimum absolute atomic E-state index is 0.234. The van der Waals surface area contributed by atoms with E-state index in [0.717, 1.165) is 26.1 Å². The molecule has 1 saturated heterocycles. The van der Waals surface area contributed by atoms with Crippen molar-refractivity contribution in [3.05, 3.63) is 35.9 Å². The maximum absolute atomic E-state index is 8.98. The molecule has 1 fully saturated rings. The van der Waals surface area contributed by atoms with E-state index in [1.54, 1.807) is 0 Å². The van der Waals surface area contributed by atoms with E-state index in [4.69, 9.17) is 11.0 Å². The van der Waals surface area contributed by atoms with Gasteiger partial charge in [0.2, 0.25) is 0 Å². The Labute approximate surface area is 103 Å². The third-order valence-electron chi connectivity index (χ3n) is 3.56. The van der Waals surface area contributed by atoms with Crippen molar-refractivity contribution in [2.24, 2.45) is 11.7 Å². The summed E-state index contributed by atoms with van der Waals surface area (Å²) in [6.45, 7) is 2.84. The Bertz CT molecular complexity index is 382. The molecule has 0 bridgehead atoms. The number of nitrogens with zero attached hydrogens (tertiary/aromatic N) is 2. The average molecular weight is 229 g/mol. The molecular weight excluding hydrogens is 210 g/mol. The van der Waals surface area contributed by atoms with Crippen molar-refractivity contribution in [2.45, 2.75) is 18.9 Å². The van der Waals surface area contributed by atoms with Gasteiger partial charge in [0.15, 0.2) is 0 Å². The molecule has 0 aliphatic carbocycles. The second-order valence-electron chi connectivity index (χ2n) is 4.67. The Hall–Kier alpha value is -1.37. The van der Waals surface area contributed by atoms with Gasteiger partial charge in [-0.25, -0.2) is 0 Å². The minimum atomic E-state index is 0.234. The molecule has 3 heteroatoms. The Morgan fingerprint density at radius 3 is 2.76 bits per heavy atom. The highest BCUT2D eigenvalue weighted by Crippen LogP contribution is 2.29. The molecule has 0 aromatic heterocycles. The zero-order chi connectivity index (χ0) is 12.1. The highest BCUT2D eigenvalue weighted by Gasteiger charge is 2.28. The van der Waals surface area contributed by atoms with Gasteiger partial charge in [-0.2, -0.15) is 5.26 Å². The van der Waals surface area contributed by atoms with E-state index in [2.05, 4.69) is 23.1 Å². The van der Waals surface area contributed by atoms with E-state index in [1.807, 2.05) is 18.2 Å². The normalized spacial score (nSPS) is 22.2. The fourth-order valence-electron chi connectivity index (χ4n) is 2.56. The largest absolute Gasteiger partial charge is 0.330 e. The number of nitriles is 1. The third-order valence-corrected chi connectivity index (χ3v) is 3.56. The van der Waals surface area contributed by atoms with Gasteiger partial charge in [-0.1, -0.05) is 30.3 Å². The highest BCUT2D eigenvalue weighted by molar-refractivity contribution is 5.20. The van der Waals surface area contributed by atoms with Crippen LogP contribution in [-0.2, 0) is 0 Å². The van der Waals surface area contributed by atoms with E-state index in [-0.39, 0.29) is 6.04 Å². The average Bonchev–Trinajstić information content (AvgIpc) is 2.85. The topological polar surface area (TPSA) is 53.0 Å². The predicted molar refractivity (Wildman–Crippen MR) is 68.1 cm³/mol. The number of likely N-dealkylation sites (tertiary alicyclic amines) is 1. The molecule has 1 aromatic carbocycles. The van der Waals surface area contributed by atoms with Crippen molar-refractivity contribution in [3.63, 3.8) is 0 Å². The number of hydrogen-bond donors (Lipinski definition) is 1. The van der Waals surface area contributed by atoms with Crippen LogP contribution in [-0.4, -0.2) is 24.5 Å². The first-order valence-corrected chi connectivity index (χ1v) is 6.21. The van der Waals surface area contributed by atoms with E-state index in [0.29, 0.717) is 12.3 Å². The first kappa shape index (κ1) is 12.1. The maximum atomic E-state index is 8.98. The summed E-state index contributed by atoms with van der Waals surface area (Å²) in [7, 11) is 0. The van der Waals surface area contributed by atoms with Crippen LogP contribution in [0.25, 0.3) is 0 Å². The van der Waals surface area contributed by atoms with Crippen LogP contribution in [0.5, 0.6) is 0 Å². The molecule has 1 heterocycles. The molecule has 0 saturated carbocycles. The highest BCUT2D eigenvalue weighted by atomic mass is 15.2. The van der Waals surface area contributed by atoms with Crippen molar-refractivity contribution < 1.29 is 0 Å². The predicted octanol–water partition coefficient (Wildman–Crippen LogP) is 1.92. The van der Waals surface area contributed by atoms with Crippen molar-refractivity contribution in [1.29, 1.82) is 5.26 Å². The van der Waals surface area contributed by atoms with Crippen LogP contribution in [0.1, 0.15) is 24.4 Å². The lowest BCUT2D eigenvalue weighted by molar-refractivity contribution is 0.240. The zero-order valence-electron chi connectivity index (χ0n) is 10.0. The molecule has 2 rings (SSSR count). The first-order valence-electron chi connectivity index (χ1n) is 6.21. The van der Waals surface area contributed by atoms with E-state index < -0.39 is 0 Å². The van der Waals surface area contributed by atoms with Gasteiger partial charge in [-0.3, -0.25) is 4.90 Å². The first-order chi connectivity index (χ1) is 8.35. The van der Waals surface area contributed by atoms with E-state index in [1.165, 1.54) is 5.56 Å². The van der Waals surface area contributed by atoms with Gasteiger partial charge in [0.05, 0.1) is 12.5 Å². The fourth-order valence-corrected chi connectivity index (χ4v) is 2.56. The van der Waals surface area contributed by atoms with E-state index >= 15 is 0 Å². The molecule has 2 unspecified atom stereocenters. The second kappa shape index (κ2) is 5.81. The Morgan fingerprint density at radius 1 is 1.41 bits per heavy atom. The molecule has 1 aliphatic heterocycles. The zero-order valence-corrected chi connectivity index (χ0v) is 10.0. The van der Waals surface area contributed by atoms with Crippen LogP contribution < -0.4 is 5.73 Å². The summed E-state index contributed by atoms with van der Waals surface area (Å²) in [6.07, 6.45) is 1.71. The molecule has 1 aliphatic rings. The second-order valence-corrected chi connectivity index (χ2v) is 4.67. The molecule has 3 nitrogen and oxygen atoms in total. The molecule has 0 radical (unpaired) electrons. The lowest BCUT2D eigenvalue weighted by atomic mass is 10.0. The Kier molecular flexibility index (Phi) is 4.13. The number of benzene rings is 1. The summed E-state index contributed by atoms with van der Waals surface area (Å²) in [6, 6.07) is 12.8. The smallest absolute Gasteiger partial charge is 0.0641 e. The monoisotopic (exact) mass is 229 g/mol. The summed E-state index contributed by atoms with van der Waals surface area (Å²) in [4.78, 5) is 2.40. The van der Waals surface area contributed by atoms with Crippen molar-refractivity contribution in [3.8, 4) is 6.07 Å². The molecule has 2 atom stereocenters. The van der Waals surface area contributed by atoms with Crippen molar-refractivity contribution >= 4 is 0 Å². The molecule has 0 spiro atoms. The number of hydrogen-bond acceptors (Lipinski definition) is 3. The fraction of sp³-hybridized carbons (Fsp3) is 0.500. The van der Waals surface area contributed by atoms with E-state index in [9.17, 15) is 0 Å². The van der Waals surface area contributed by atoms with Crippen LogP contribution in [0.2, 0.25) is 0 Å². The Balaban J connectivity index is 2.11. The van der Waals surface area contributed by atoms with Crippen LogP contribution in [0, 0.1) is 17.2 Å². The summed E-state index contributed by atoms with van der Waals surface area (Å²) in [5.74, 6) is 0.597. The van der Waals surface area contributed by atoms with Crippen LogP contribution in [0.3, 0.4) is 0 Å². The van der Waals surface area contributed by atoms with Gasteiger partial charge in [-0.15, -0.1) is 0 Å². The Morgan fingerprint density at radius 2 is 2.18 bits per heavy atom. The molecule has 0 amide bonds. The van der Waals surface area contributed by atoms with Gasteiger partial charge in [-0.05, 0) is 31.0 Å².